The molecule has 168 valence electrons. The van der Waals surface area contributed by atoms with Crippen LogP contribution >= 0.6 is 23.4 Å². The summed E-state index contributed by atoms with van der Waals surface area (Å²) in [4.78, 5) is 40.9. The Balaban J connectivity index is 1.41. The van der Waals surface area contributed by atoms with Crippen LogP contribution in [0.3, 0.4) is 0 Å². The number of amides is 2. The number of fused-ring (bicyclic) bond motifs is 2. The van der Waals surface area contributed by atoms with Crippen molar-refractivity contribution in [1.82, 2.24) is 5.32 Å². The van der Waals surface area contributed by atoms with Gasteiger partial charge in [-0.05, 0) is 42.5 Å². The lowest BCUT2D eigenvalue weighted by Crippen LogP contribution is -2.35. The highest BCUT2D eigenvalue weighted by molar-refractivity contribution is 7.99. The van der Waals surface area contributed by atoms with Crippen molar-refractivity contribution in [3.05, 3.63) is 77.3 Å². The molecular formula is C24H19ClN2O5S. The van der Waals surface area contributed by atoms with Crippen molar-refractivity contribution in [1.29, 1.82) is 0 Å². The summed E-state index contributed by atoms with van der Waals surface area (Å²) >= 11 is 7.69. The molecule has 33 heavy (non-hydrogen) atoms. The Morgan fingerprint density at radius 1 is 0.970 bits per heavy atom. The molecule has 9 heteroatoms. The fourth-order valence-electron chi connectivity index (χ4n) is 3.33. The van der Waals surface area contributed by atoms with E-state index in [-0.39, 0.29) is 6.54 Å². The lowest BCUT2D eigenvalue weighted by atomic mass is 10.2. The number of esters is 1. The summed E-state index contributed by atoms with van der Waals surface area (Å²) in [5.41, 5.74) is 1.60. The third-order valence-electron chi connectivity index (χ3n) is 4.84. The number of nitrogens with one attached hydrogen (secondary N) is 1. The quantitative estimate of drug-likeness (QED) is 0.522. The zero-order valence-corrected chi connectivity index (χ0v) is 19.1. The van der Waals surface area contributed by atoms with Gasteiger partial charge in [0, 0.05) is 14.8 Å². The van der Waals surface area contributed by atoms with Gasteiger partial charge in [0.2, 0.25) is 0 Å². The summed E-state index contributed by atoms with van der Waals surface area (Å²) in [7, 11) is 1.45. The van der Waals surface area contributed by atoms with Crippen LogP contribution in [-0.2, 0) is 14.3 Å². The van der Waals surface area contributed by atoms with Crippen molar-refractivity contribution in [3.63, 3.8) is 0 Å². The highest BCUT2D eigenvalue weighted by Gasteiger charge is 2.29. The first-order chi connectivity index (χ1) is 16.0. The number of benzene rings is 3. The van der Waals surface area contributed by atoms with E-state index in [0.29, 0.717) is 27.7 Å². The largest absolute Gasteiger partial charge is 0.496 e. The summed E-state index contributed by atoms with van der Waals surface area (Å²) in [6, 6.07) is 19.4. The molecule has 1 heterocycles. The number of nitrogens with zero attached hydrogens (tertiary/aromatic N) is 1. The summed E-state index contributed by atoms with van der Waals surface area (Å²) in [6.45, 7) is -0.882. The monoisotopic (exact) mass is 482 g/mol. The molecule has 3 aromatic carbocycles. The number of carbonyl (C=O) groups is 3. The van der Waals surface area contributed by atoms with Gasteiger partial charge in [0.05, 0.1) is 24.0 Å². The molecule has 0 spiro atoms. The van der Waals surface area contributed by atoms with Gasteiger partial charge in [-0.3, -0.25) is 19.3 Å². The Morgan fingerprint density at radius 3 is 2.52 bits per heavy atom. The second kappa shape index (κ2) is 9.97. The molecule has 2 amide bonds. The second-order valence-corrected chi connectivity index (χ2v) is 8.47. The summed E-state index contributed by atoms with van der Waals surface area (Å²) in [5.74, 6) is -1.27. The molecule has 7 nitrogen and oxygen atoms in total. The summed E-state index contributed by atoms with van der Waals surface area (Å²) in [6.07, 6.45) is 0. The molecule has 1 aliphatic heterocycles. The van der Waals surface area contributed by atoms with Gasteiger partial charge in [0.25, 0.3) is 11.8 Å². The predicted molar refractivity (Wildman–Crippen MR) is 125 cm³/mol. The van der Waals surface area contributed by atoms with E-state index in [1.54, 1.807) is 36.4 Å². The molecule has 0 aromatic heterocycles. The van der Waals surface area contributed by atoms with Gasteiger partial charge in [-0.25, -0.2) is 0 Å². The Kier molecular flexibility index (Phi) is 6.86. The van der Waals surface area contributed by atoms with E-state index in [1.165, 1.54) is 23.8 Å². The Labute approximate surface area is 199 Å². The van der Waals surface area contributed by atoms with Crippen LogP contribution in [0.15, 0.2) is 76.5 Å². The highest BCUT2D eigenvalue weighted by atomic mass is 35.5. The Morgan fingerprint density at radius 2 is 1.70 bits per heavy atom. The van der Waals surface area contributed by atoms with Gasteiger partial charge >= 0.3 is 5.97 Å². The Hall–Kier alpha value is -3.49. The van der Waals surface area contributed by atoms with Crippen molar-refractivity contribution in [3.8, 4) is 5.75 Å². The first-order valence-electron chi connectivity index (χ1n) is 9.94. The number of hydrogen-bond acceptors (Lipinski definition) is 6. The zero-order chi connectivity index (χ0) is 23.4. The molecule has 0 aliphatic carbocycles. The molecule has 4 rings (SSSR count). The average Bonchev–Trinajstić information content (AvgIpc) is 2.84. The first kappa shape index (κ1) is 22.7. The SMILES string of the molecule is COc1ccccc1C(=O)NCC(=O)OCC(=O)N1c2ccccc2Sc2ccc(Cl)cc21. The highest BCUT2D eigenvalue weighted by Crippen LogP contribution is 2.48. The van der Waals surface area contributed by atoms with Crippen molar-refractivity contribution in [2.75, 3.05) is 25.2 Å². The van der Waals surface area contributed by atoms with Gasteiger partial charge in [0.15, 0.2) is 6.61 Å². The number of methoxy groups -OCH3 is 1. The van der Waals surface area contributed by atoms with Crippen LogP contribution < -0.4 is 15.0 Å². The van der Waals surface area contributed by atoms with E-state index in [9.17, 15) is 14.4 Å². The molecule has 0 fully saturated rings. The topological polar surface area (TPSA) is 84.9 Å². The van der Waals surface area contributed by atoms with Gasteiger partial charge in [-0.2, -0.15) is 0 Å². The standard InChI is InChI=1S/C24H19ClN2O5S/c1-31-19-8-4-2-6-16(19)24(30)26-13-23(29)32-14-22(28)27-17-7-3-5-9-20(17)33-21-11-10-15(25)12-18(21)27/h2-12H,13-14H2,1H3,(H,26,30). The maximum atomic E-state index is 13.1. The fraction of sp³-hybridized carbons (Fsp3) is 0.125. The number of halogens is 1. The van der Waals surface area contributed by atoms with Crippen LogP contribution in [0.5, 0.6) is 5.75 Å². The van der Waals surface area contributed by atoms with Crippen LogP contribution in [0.4, 0.5) is 11.4 Å². The van der Waals surface area contributed by atoms with Gasteiger partial charge in [-0.1, -0.05) is 47.6 Å². The minimum Gasteiger partial charge on any atom is -0.496 e. The molecule has 0 unspecified atom stereocenters. The zero-order valence-electron chi connectivity index (χ0n) is 17.5. The van der Waals surface area contributed by atoms with Crippen LogP contribution in [-0.4, -0.2) is 38.0 Å². The van der Waals surface area contributed by atoms with Crippen LogP contribution in [0, 0.1) is 0 Å². The second-order valence-electron chi connectivity index (χ2n) is 6.95. The van der Waals surface area contributed by atoms with E-state index in [4.69, 9.17) is 21.1 Å². The molecule has 3 aromatic rings. The molecule has 1 N–H and O–H groups in total. The van der Waals surface area contributed by atoms with Crippen molar-refractivity contribution in [2.45, 2.75) is 9.79 Å². The Bertz CT molecular complexity index is 1230. The van der Waals surface area contributed by atoms with E-state index >= 15 is 0 Å². The van der Waals surface area contributed by atoms with E-state index in [0.717, 1.165) is 9.79 Å². The smallest absolute Gasteiger partial charge is 0.325 e. The normalized spacial score (nSPS) is 11.8. The van der Waals surface area contributed by atoms with Gasteiger partial charge in [0.1, 0.15) is 12.3 Å². The molecule has 0 saturated carbocycles. The number of rotatable bonds is 6. The van der Waals surface area contributed by atoms with E-state index in [1.807, 2.05) is 30.3 Å². The van der Waals surface area contributed by atoms with Crippen LogP contribution in [0.25, 0.3) is 0 Å². The molecular weight excluding hydrogens is 464 g/mol. The fourth-order valence-corrected chi connectivity index (χ4v) is 4.54. The maximum absolute atomic E-state index is 13.1. The number of ether oxygens (including phenoxy) is 2. The van der Waals surface area contributed by atoms with Crippen molar-refractivity contribution < 1.29 is 23.9 Å². The molecule has 0 bridgehead atoms. The molecule has 0 radical (unpaired) electrons. The third-order valence-corrected chi connectivity index (χ3v) is 6.20. The maximum Gasteiger partial charge on any atom is 0.325 e. The number of carbonyl (C=O) groups excluding carboxylic acids is 3. The molecule has 0 atom stereocenters. The van der Waals surface area contributed by atoms with Gasteiger partial charge in [-0.15, -0.1) is 0 Å². The minimum absolute atomic E-state index is 0.291. The summed E-state index contributed by atoms with van der Waals surface area (Å²) in [5, 5.41) is 2.96. The minimum atomic E-state index is -0.738. The van der Waals surface area contributed by atoms with Crippen LogP contribution in [0.1, 0.15) is 10.4 Å². The third kappa shape index (κ3) is 4.97. The number of anilines is 2. The van der Waals surface area contributed by atoms with E-state index in [2.05, 4.69) is 5.32 Å². The van der Waals surface area contributed by atoms with Gasteiger partial charge < -0.3 is 14.8 Å². The van der Waals surface area contributed by atoms with Crippen LogP contribution in [0.2, 0.25) is 5.02 Å². The number of para-hydroxylation sites is 2. The molecule has 1 aliphatic rings. The first-order valence-corrected chi connectivity index (χ1v) is 11.1. The predicted octanol–water partition coefficient (Wildman–Crippen LogP) is 4.45. The lowest BCUT2D eigenvalue weighted by Gasteiger charge is -2.31. The average molecular weight is 483 g/mol. The van der Waals surface area contributed by atoms with Crippen molar-refractivity contribution >= 4 is 52.5 Å². The molecule has 0 saturated heterocycles. The lowest BCUT2D eigenvalue weighted by molar-refractivity contribution is -0.146. The van der Waals surface area contributed by atoms with Crippen molar-refractivity contribution in [2.24, 2.45) is 0 Å². The summed E-state index contributed by atoms with van der Waals surface area (Å²) < 4.78 is 10.3. The number of hydrogen-bond donors (Lipinski definition) is 1. The van der Waals surface area contributed by atoms with E-state index < -0.39 is 24.4 Å².